The second-order valence-corrected chi connectivity index (χ2v) is 6.73. The van der Waals surface area contributed by atoms with E-state index < -0.39 is 5.54 Å². The van der Waals surface area contributed by atoms with Gasteiger partial charge in [-0.05, 0) is 38.7 Å². The van der Waals surface area contributed by atoms with Crippen LogP contribution in [-0.2, 0) is 4.79 Å². The minimum Gasteiger partial charge on any atom is -0.396 e. The maximum absolute atomic E-state index is 12.7. The summed E-state index contributed by atoms with van der Waals surface area (Å²) < 4.78 is 0. The van der Waals surface area contributed by atoms with E-state index in [1.807, 2.05) is 30.3 Å². The molecule has 1 amide bonds. The summed E-state index contributed by atoms with van der Waals surface area (Å²) in [5, 5.41) is 12.3. The highest BCUT2D eigenvalue weighted by Gasteiger charge is 2.38. The number of amides is 1. The first-order valence-electron chi connectivity index (χ1n) is 8.46. The number of carbonyl (C=O) groups is 1. The molecule has 23 heavy (non-hydrogen) atoms. The van der Waals surface area contributed by atoms with Crippen LogP contribution in [0, 0.1) is 0 Å². The van der Waals surface area contributed by atoms with Crippen LogP contribution in [-0.4, -0.2) is 47.2 Å². The molecule has 1 fully saturated rings. The molecular formula is C18H29N3O2. The number of aliphatic hydroxyl groups excluding tert-OH is 1. The summed E-state index contributed by atoms with van der Waals surface area (Å²) in [6, 6.07) is 10.0. The predicted octanol–water partition coefficient (Wildman–Crippen LogP) is 1.43. The lowest BCUT2D eigenvalue weighted by molar-refractivity contribution is -0.129. The van der Waals surface area contributed by atoms with E-state index in [0.717, 1.165) is 18.7 Å². The smallest absolute Gasteiger partial charge is 0.240 e. The highest BCUT2D eigenvalue weighted by molar-refractivity contribution is 5.86. The normalized spacial score (nSPS) is 19.5. The van der Waals surface area contributed by atoms with Crippen molar-refractivity contribution in [3.8, 4) is 0 Å². The van der Waals surface area contributed by atoms with Gasteiger partial charge < -0.3 is 21.1 Å². The zero-order chi connectivity index (χ0) is 16.9. The minimum atomic E-state index is -0.812. The van der Waals surface area contributed by atoms with Gasteiger partial charge in [0, 0.05) is 25.7 Å². The summed E-state index contributed by atoms with van der Waals surface area (Å²) in [6.07, 6.45) is 1.82. The molecule has 0 aromatic heterocycles. The maximum Gasteiger partial charge on any atom is 0.240 e. The second kappa shape index (κ2) is 7.90. The summed E-state index contributed by atoms with van der Waals surface area (Å²) >= 11 is 0. The van der Waals surface area contributed by atoms with Crippen molar-refractivity contribution in [1.29, 1.82) is 0 Å². The van der Waals surface area contributed by atoms with E-state index >= 15 is 0 Å². The number of hydrogen-bond donors (Lipinski definition) is 3. The van der Waals surface area contributed by atoms with Crippen molar-refractivity contribution < 1.29 is 9.90 Å². The molecule has 1 aromatic rings. The van der Waals surface area contributed by atoms with Gasteiger partial charge in [-0.25, -0.2) is 0 Å². The number of carbonyl (C=O) groups excluding carboxylic acids is 1. The lowest BCUT2D eigenvalue weighted by Gasteiger charge is -2.40. The van der Waals surface area contributed by atoms with Gasteiger partial charge in [0.25, 0.3) is 0 Å². The van der Waals surface area contributed by atoms with E-state index in [1.54, 1.807) is 0 Å². The molecule has 0 spiro atoms. The molecular weight excluding hydrogens is 290 g/mol. The molecule has 1 unspecified atom stereocenters. The Kier molecular flexibility index (Phi) is 6.16. The first-order valence-corrected chi connectivity index (χ1v) is 8.46. The van der Waals surface area contributed by atoms with Crippen molar-refractivity contribution in [2.45, 2.75) is 50.7 Å². The van der Waals surface area contributed by atoms with Gasteiger partial charge in [0.15, 0.2) is 0 Å². The molecule has 1 heterocycles. The number of benzene rings is 1. The van der Waals surface area contributed by atoms with E-state index in [9.17, 15) is 9.90 Å². The third-order valence-corrected chi connectivity index (χ3v) is 4.80. The Morgan fingerprint density at radius 3 is 2.43 bits per heavy atom. The zero-order valence-electron chi connectivity index (χ0n) is 14.2. The summed E-state index contributed by atoms with van der Waals surface area (Å²) in [7, 11) is 0. The standard InChI is InChI=1S/C18H29N3O2/c1-14(2)21-11-9-18(19,10-12-21)17(23)20-16(8-13-22)15-6-4-3-5-7-15/h3-7,14,16,22H,8-13,19H2,1-2H3,(H,20,23). The molecule has 1 aliphatic heterocycles. The largest absolute Gasteiger partial charge is 0.396 e. The Balaban J connectivity index is 2.01. The van der Waals surface area contributed by atoms with E-state index in [1.165, 1.54) is 0 Å². The Hall–Kier alpha value is -1.43. The average molecular weight is 319 g/mol. The highest BCUT2D eigenvalue weighted by Crippen LogP contribution is 2.24. The van der Waals surface area contributed by atoms with Gasteiger partial charge in [0.05, 0.1) is 11.6 Å². The molecule has 0 radical (unpaired) electrons. The first-order chi connectivity index (χ1) is 11.0. The van der Waals surface area contributed by atoms with Crippen molar-refractivity contribution in [2.75, 3.05) is 19.7 Å². The predicted molar refractivity (Wildman–Crippen MR) is 91.9 cm³/mol. The Morgan fingerprint density at radius 2 is 1.91 bits per heavy atom. The van der Waals surface area contributed by atoms with Crippen LogP contribution in [0.3, 0.4) is 0 Å². The monoisotopic (exact) mass is 319 g/mol. The van der Waals surface area contributed by atoms with Crippen molar-refractivity contribution in [3.05, 3.63) is 35.9 Å². The third kappa shape index (κ3) is 4.53. The Morgan fingerprint density at radius 1 is 1.30 bits per heavy atom. The van der Waals surface area contributed by atoms with Crippen LogP contribution in [0.4, 0.5) is 0 Å². The molecule has 128 valence electrons. The topological polar surface area (TPSA) is 78.6 Å². The van der Waals surface area contributed by atoms with Crippen LogP contribution in [0.25, 0.3) is 0 Å². The van der Waals surface area contributed by atoms with Gasteiger partial charge in [0.2, 0.25) is 5.91 Å². The summed E-state index contributed by atoms with van der Waals surface area (Å²) in [6.45, 7) is 6.04. The third-order valence-electron chi connectivity index (χ3n) is 4.80. The van der Waals surface area contributed by atoms with Crippen LogP contribution >= 0.6 is 0 Å². The highest BCUT2D eigenvalue weighted by atomic mass is 16.3. The number of likely N-dealkylation sites (tertiary alicyclic amines) is 1. The summed E-state index contributed by atoms with van der Waals surface area (Å²) in [4.78, 5) is 15.1. The number of piperidine rings is 1. The number of hydrogen-bond acceptors (Lipinski definition) is 4. The number of rotatable bonds is 6. The molecule has 0 aliphatic carbocycles. The molecule has 2 rings (SSSR count). The molecule has 0 saturated carbocycles. The first kappa shape index (κ1) is 17.9. The van der Waals surface area contributed by atoms with Crippen molar-refractivity contribution in [2.24, 2.45) is 5.73 Å². The molecule has 1 atom stereocenters. The van der Waals surface area contributed by atoms with Gasteiger partial charge in [0.1, 0.15) is 0 Å². The number of nitrogens with two attached hydrogens (primary N) is 1. The van der Waals surface area contributed by atoms with Gasteiger partial charge >= 0.3 is 0 Å². The lowest BCUT2D eigenvalue weighted by Crippen LogP contribution is -2.60. The zero-order valence-corrected chi connectivity index (χ0v) is 14.2. The lowest BCUT2D eigenvalue weighted by atomic mass is 9.86. The fourth-order valence-electron chi connectivity index (χ4n) is 3.11. The number of aliphatic hydroxyl groups is 1. The summed E-state index contributed by atoms with van der Waals surface area (Å²) in [5.41, 5.74) is 6.57. The van der Waals surface area contributed by atoms with Crippen LogP contribution < -0.4 is 11.1 Å². The van der Waals surface area contributed by atoms with Crippen molar-refractivity contribution >= 4 is 5.91 Å². The molecule has 1 aliphatic rings. The van der Waals surface area contributed by atoms with E-state index in [4.69, 9.17) is 5.73 Å². The maximum atomic E-state index is 12.7. The minimum absolute atomic E-state index is 0.0263. The van der Waals surface area contributed by atoms with Gasteiger partial charge in [-0.1, -0.05) is 30.3 Å². The molecule has 0 bridgehead atoms. The number of nitrogens with one attached hydrogen (secondary N) is 1. The fourth-order valence-corrected chi connectivity index (χ4v) is 3.11. The molecule has 5 heteroatoms. The van der Waals surface area contributed by atoms with Crippen LogP contribution in [0.5, 0.6) is 0 Å². The van der Waals surface area contributed by atoms with E-state index in [2.05, 4.69) is 24.1 Å². The Labute approximate surface area is 138 Å². The second-order valence-electron chi connectivity index (χ2n) is 6.73. The molecule has 4 N–H and O–H groups in total. The molecule has 5 nitrogen and oxygen atoms in total. The fraction of sp³-hybridized carbons (Fsp3) is 0.611. The van der Waals surface area contributed by atoms with Crippen LogP contribution in [0.2, 0.25) is 0 Å². The van der Waals surface area contributed by atoms with Crippen LogP contribution in [0.15, 0.2) is 30.3 Å². The van der Waals surface area contributed by atoms with Crippen molar-refractivity contribution in [1.82, 2.24) is 10.2 Å². The van der Waals surface area contributed by atoms with Crippen LogP contribution in [0.1, 0.15) is 44.7 Å². The van der Waals surface area contributed by atoms with Gasteiger partial charge in [-0.15, -0.1) is 0 Å². The Bertz CT molecular complexity index is 496. The van der Waals surface area contributed by atoms with Gasteiger partial charge in [-0.3, -0.25) is 4.79 Å². The van der Waals surface area contributed by atoms with E-state index in [0.29, 0.717) is 25.3 Å². The molecule has 1 aromatic carbocycles. The molecule has 1 saturated heterocycles. The number of nitrogens with zero attached hydrogens (tertiary/aromatic N) is 1. The van der Waals surface area contributed by atoms with Crippen molar-refractivity contribution in [3.63, 3.8) is 0 Å². The van der Waals surface area contributed by atoms with E-state index in [-0.39, 0.29) is 18.6 Å². The quantitative estimate of drug-likeness (QED) is 0.741. The van der Waals surface area contributed by atoms with Gasteiger partial charge in [-0.2, -0.15) is 0 Å². The summed E-state index contributed by atoms with van der Waals surface area (Å²) in [5.74, 6) is -0.108. The average Bonchev–Trinajstić information content (AvgIpc) is 2.55. The SMILES string of the molecule is CC(C)N1CCC(N)(C(=O)NC(CCO)c2ccccc2)CC1.